The van der Waals surface area contributed by atoms with Crippen LogP contribution in [-0.2, 0) is 14.3 Å². The smallest absolute Gasteiger partial charge is 0.305 e. The van der Waals surface area contributed by atoms with Gasteiger partial charge in [-0.25, -0.2) is 0 Å². The van der Waals surface area contributed by atoms with E-state index in [9.17, 15) is 19.8 Å². The van der Waals surface area contributed by atoms with Gasteiger partial charge in [-0.05, 0) is 57.8 Å². The van der Waals surface area contributed by atoms with Gasteiger partial charge in [0.2, 0.25) is 5.91 Å². The zero-order chi connectivity index (χ0) is 58.5. The fourth-order valence-electron chi connectivity index (χ4n) is 11.9. The van der Waals surface area contributed by atoms with Crippen LogP contribution in [0.2, 0.25) is 0 Å². The van der Waals surface area contributed by atoms with Gasteiger partial charge in [0.1, 0.15) is 0 Å². The number of aliphatic hydroxyl groups is 2. The van der Waals surface area contributed by atoms with E-state index in [1.807, 2.05) is 0 Å². The van der Waals surface area contributed by atoms with Crippen LogP contribution in [0.5, 0.6) is 0 Å². The van der Waals surface area contributed by atoms with E-state index in [1.165, 1.54) is 340 Å². The highest BCUT2D eigenvalue weighted by molar-refractivity contribution is 5.76. The molecule has 0 heterocycles. The van der Waals surface area contributed by atoms with Crippen molar-refractivity contribution in [2.75, 3.05) is 13.2 Å². The van der Waals surface area contributed by atoms with Gasteiger partial charge in [0, 0.05) is 12.8 Å². The third kappa shape index (κ3) is 67.3. The molecular weight excluding hydrogens is 995 g/mol. The lowest BCUT2D eigenvalue weighted by Gasteiger charge is -2.22. The lowest BCUT2D eigenvalue weighted by atomic mass is 10.0. The molecule has 2 unspecified atom stereocenters. The SMILES string of the molecule is CCCCCCCCCCCCCCCCCCCCCCCC(O)C(CO)NC(=O)CCCCCCCCCCC/C=C\C/C=C\CCCCCCCCCCCOC(=O)CCCCCCCCCCCCCCCCCCCC. The summed E-state index contributed by atoms with van der Waals surface area (Å²) < 4.78 is 5.51. The Labute approximate surface area is 507 Å². The monoisotopic (exact) mass is 1140 g/mol. The molecule has 0 spiro atoms. The molecule has 0 radical (unpaired) electrons. The van der Waals surface area contributed by atoms with Crippen LogP contribution in [-0.4, -0.2) is 47.4 Å². The Kier molecular flexibility index (Phi) is 69.4. The maximum Gasteiger partial charge on any atom is 0.305 e. The van der Waals surface area contributed by atoms with Crippen molar-refractivity contribution < 1.29 is 24.5 Å². The van der Waals surface area contributed by atoms with Gasteiger partial charge in [0.05, 0.1) is 25.4 Å². The molecule has 0 aliphatic rings. The Hall–Kier alpha value is -1.66. The van der Waals surface area contributed by atoms with Crippen molar-refractivity contribution >= 4 is 11.9 Å². The highest BCUT2D eigenvalue weighted by atomic mass is 16.5. The molecule has 0 aromatic rings. The minimum absolute atomic E-state index is 0.0145. The lowest BCUT2D eigenvalue weighted by Crippen LogP contribution is -2.45. The average Bonchev–Trinajstić information content (AvgIpc) is 3.47. The molecule has 81 heavy (non-hydrogen) atoms. The zero-order valence-corrected chi connectivity index (χ0v) is 55.0. The molecule has 2 atom stereocenters. The number of amides is 1. The number of allylic oxidation sites excluding steroid dienone is 4. The summed E-state index contributed by atoms with van der Waals surface area (Å²) >= 11 is 0. The Bertz CT molecular complexity index is 1270. The number of carbonyl (C=O) groups is 2. The Morgan fingerprint density at radius 3 is 0.938 bits per heavy atom. The van der Waals surface area contributed by atoms with Crippen molar-refractivity contribution in [3.8, 4) is 0 Å². The second kappa shape index (κ2) is 70.8. The summed E-state index contributed by atoms with van der Waals surface area (Å²) in [5.41, 5.74) is 0. The van der Waals surface area contributed by atoms with Crippen molar-refractivity contribution in [2.45, 2.75) is 431 Å². The highest BCUT2D eigenvalue weighted by Gasteiger charge is 2.20. The zero-order valence-electron chi connectivity index (χ0n) is 55.0. The molecule has 0 saturated carbocycles. The van der Waals surface area contributed by atoms with Crippen LogP contribution in [0, 0.1) is 0 Å². The van der Waals surface area contributed by atoms with Crippen LogP contribution in [0.1, 0.15) is 418 Å². The standard InChI is InChI=1S/C75H145NO5/c1-3-5-7-9-11-13-15-17-19-21-23-29-32-35-39-43-47-51-55-59-63-67-73(78)72(71-77)76-74(79)68-64-60-56-52-48-44-40-36-33-30-27-25-24-26-28-31-34-38-42-46-50-54-58-62-66-70-81-75(80)69-65-61-57-53-49-45-41-37-22-20-18-16-14-12-10-8-6-4-2/h25-28,72-73,77-78H,3-24,29-71H2,1-2H3,(H,76,79)/b27-25-,28-26-. The maximum atomic E-state index is 12.5. The molecule has 0 bridgehead atoms. The first-order chi connectivity index (χ1) is 40.0. The number of unbranched alkanes of at least 4 members (excludes halogenated alkanes) is 55. The van der Waals surface area contributed by atoms with Gasteiger partial charge in [-0.1, -0.05) is 372 Å². The first-order valence-corrected chi connectivity index (χ1v) is 37.1. The molecule has 1 amide bonds. The van der Waals surface area contributed by atoms with Crippen LogP contribution in [0.15, 0.2) is 24.3 Å². The summed E-state index contributed by atoms with van der Waals surface area (Å²) in [6.45, 7) is 5.00. The normalized spacial score (nSPS) is 12.6. The van der Waals surface area contributed by atoms with Crippen molar-refractivity contribution in [1.82, 2.24) is 5.32 Å². The fourth-order valence-corrected chi connectivity index (χ4v) is 11.9. The molecule has 0 aliphatic carbocycles. The van der Waals surface area contributed by atoms with Crippen molar-refractivity contribution in [1.29, 1.82) is 0 Å². The topological polar surface area (TPSA) is 95.9 Å². The van der Waals surface area contributed by atoms with Gasteiger partial charge in [0.25, 0.3) is 0 Å². The van der Waals surface area contributed by atoms with E-state index in [2.05, 4.69) is 43.5 Å². The Morgan fingerprint density at radius 2 is 0.617 bits per heavy atom. The molecule has 480 valence electrons. The van der Waals surface area contributed by atoms with Gasteiger partial charge >= 0.3 is 5.97 Å². The van der Waals surface area contributed by atoms with Crippen molar-refractivity contribution in [3.63, 3.8) is 0 Å². The quantitative estimate of drug-likeness (QED) is 0.0320. The van der Waals surface area contributed by atoms with Gasteiger partial charge in [-0.3, -0.25) is 9.59 Å². The van der Waals surface area contributed by atoms with E-state index in [0.717, 1.165) is 44.9 Å². The summed E-state index contributed by atoms with van der Waals surface area (Å²) in [5, 5.41) is 23.4. The summed E-state index contributed by atoms with van der Waals surface area (Å²) in [5.74, 6) is -0.0221. The van der Waals surface area contributed by atoms with E-state index in [0.29, 0.717) is 25.9 Å². The van der Waals surface area contributed by atoms with E-state index >= 15 is 0 Å². The number of hydrogen-bond donors (Lipinski definition) is 3. The number of rotatable bonds is 70. The van der Waals surface area contributed by atoms with Crippen LogP contribution < -0.4 is 5.32 Å². The number of aliphatic hydroxyl groups excluding tert-OH is 2. The van der Waals surface area contributed by atoms with Crippen LogP contribution in [0.25, 0.3) is 0 Å². The van der Waals surface area contributed by atoms with E-state index in [4.69, 9.17) is 4.74 Å². The molecule has 0 aromatic heterocycles. The van der Waals surface area contributed by atoms with E-state index < -0.39 is 12.1 Å². The molecule has 6 nitrogen and oxygen atoms in total. The van der Waals surface area contributed by atoms with Crippen molar-refractivity contribution in [3.05, 3.63) is 24.3 Å². The molecule has 0 rings (SSSR count). The largest absolute Gasteiger partial charge is 0.466 e. The molecule has 3 N–H and O–H groups in total. The molecular formula is C75H145NO5. The summed E-state index contributed by atoms with van der Waals surface area (Å²) in [6.07, 6.45) is 89.5. The molecule has 0 fully saturated rings. The number of esters is 1. The summed E-state index contributed by atoms with van der Waals surface area (Å²) in [6, 6.07) is -0.547. The summed E-state index contributed by atoms with van der Waals surface area (Å²) in [4.78, 5) is 24.7. The fraction of sp³-hybridized carbons (Fsp3) is 0.920. The van der Waals surface area contributed by atoms with Gasteiger partial charge in [-0.15, -0.1) is 0 Å². The number of hydrogen-bond acceptors (Lipinski definition) is 5. The second-order valence-electron chi connectivity index (χ2n) is 25.6. The third-order valence-electron chi connectivity index (χ3n) is 17.5. The molecule has 0 saturated heterocycles. The van der Waals surface area contributed by atoms with E-state index in [1.54, 1.807) is 0 Å². The van der Waals surface area contributed by atoms with Crippen LogP contribution >= 0.6 is 0 Å². The first kappa shape index (κ1) is 79.3. The Morgan fingerprint density at radius 1 is 0.346 bits per heavy atom. The lowest BCUT2D eigenvalue weighted by molar-refractivity contribution is -0.143. The number of ether oxygens (including phenoxy) is 1. The predicted octanol–water partition coefficient (Wildman–Crippen LogP) is 24.1. The third-order valence-corrected chi connectivity index (χ3v) is 17.5. The van der Waals surface area contributed by atoms with Gasteiger partial charge in [-0.2, -0.15) is 0 Å². The molecule has 6 heteroatoms. The minimum atomic E-state index is -0.669. The molecule has 0 aromatic carbocycles. The minimum Gasteiger partial charge on any atom is -0.466 e. The van der Waals surface area contributed by atoms with E-state index in [-0.39, 0.29) is 18.5 Å². The maximum absolute atomic E-state index is 12.5. The van der Waals surface area contributed by atoms with Crippen molar-refractivity contribution in [2.24, 2.45) is 0 Å². The summed E-state index contributed by atoms with van der Waals surface area (Å²) in [7, 11) is 0. The van der Waals surface area contributed by atoms with Crippen LogP contribution in [0.3, 0.4) is 0 Å². The first-order valence-electron chi connectivity index (χ1n) is 37.1. The molecule has 0 aliphatic heterocycles. The predicted molar refractivity (Wildman–Crippen MR) is 356 cm³/mol. The number of carbonyl (C=O) groups excluding carboxylic acids is 2. The van der Waals surface area contributed by atoms with Gasteiger partial charge in [0.15, 0.2) is 0 Å². The second-order valence-corrected chi connectivity index (χ2v) is 25.6. The average molecular weight is 1140 g/mol. The number of nitrogens with one attached hydrogen (secondary N) is 1. The highest BCUT2D eigenvalue weighted by Crippen LogP contribution is 2.19. The van der Waals surface area contributed by atoms with Gasteiger partial charge < -0.3 is 20.3 Å². The van der Waals surface area contributed by atoms with Crippen LogP contribution in [0.4, 0.5) is 0 Å². The Balaban J connectivity index is 3.41.